The highest BCUT2D eigenvalue weighted by molar-refractivity contribution is 8.00. The van der Waals surface area contributed by atoms with Gasteiger partial charge < -0.3 is 5.32 Å². The lowest BCUT2D eigenvalue weighted by atomic mass is 10.1. The second kappa shape index (κ2) is 8.49. The van der Waals surface area contributed by atoms with Crippen LogP contribution in [0.2, 0.25) is 0 Å². The molecule has 0 saturated carbocycles. The first kappa shape index (κ1) is 18.6. The lowest BCUT2D eigenvalue weighted by Gasteiger charge is -2.11. The van der Waals surface area contributed by atoms with Gasteiger partial charge in [0.15, 0.2) is 10.2 Å². The predicted octanol–water partition coefficient (Wildman–Crippen LogP) is 4.42. The van der Waals surface area contributed by atoms with E-state index in [4.69, 9.17) is 0 Å². The van der Waals surface area contributed by atoms with E-state index in [2.05, 4.69) is 63.1 Å². The fraction of sp³-hybridized carbons (Fsp3) is 0.211. The molecular formula is C19H19N7S2. The molecule has 9 heteroatoms. The molecule has 2 aromatic heterocycles. The Morgan fingerprint density at radius 1 is 1.04 bits per heavy atom. The fourth-order valence-electron chi connectivity index (χ4n) is 2.82. The van der Waals surface area contributed by atoms with E-state index in [0.29, 0.717) is 5.75 Å². The maximum atomic E-state index is 4.29. The van der Waals surface area contributed by atoms with Crippen LogP contribution in [0, 0.1) is 6.92 Å². The lowest BCUT2D eigenvalue weighted by Crippen LogP contribution is -2.01. The maximum absolute atomic E-state index is 4.29. The predicted molar refractivity (Wildman–Crippen MR) is 112 cm³/mol. The van der Waals surface area contributed by atoms with Crippen LogP contribution in [0.15, 0.2) is 52.9 Å². The molecule has 1 N–H and O–H groups in total. The molecule has 0 unspecified atom stereocenters. The molecule has 7 nitrogen and oxygen atoms in total. The third-order valence-corrected chi connectivity index (χ3v) is 6.21. The molecule has 0 spiro atoms. The molecule has 142 valence electrons. The smallest absolute Gasteiger partial charge is 0.210 e. The number of aryl methyl sites for hydroxylation is 2. The zero-order valence-corrected chi connectivity index (χ0v) is 17.2. The van der Waals surface area contributed by atoms with Crippen LogP contribution < -0.4 is 5.32 Å². The number of rotatable bonds is 7. The molecule has 0 aliphatic carbocycles. The van der Waals surface area contributed by atoms with Crippen LogP contribution >= 0.6 is 23.1 Å². The van der Waals surface area contributed by atoms with Crippen LogP contribution in [-0.4, -0.2) is 30.4 Å². The molecule has 0 radical (unpaired) electrons. The first-order chi connectivity index (χ1) is 13.7. The summed E-state index contributed by atoms with van der Waals surface area (Å²) < 4.78 is 2.62. The molecule has 2 aromatic carbocycles. The van der Waals surface area contributed by atoms with E-state index < -0.39 is 0 Å². The molecule has 0 amide bonds. The van der Waals surface area contributed by atoms with Gasteiger partial charge in [0.05, 0.1) is 11.4 Å². The van der Waals surface area contributed by atoms with Crippen molar-refractivity contribution in [3.63, 3.8) is 0 Å². The average Bonchev–Trinajstić information content (AvgIpc) is 3.38. The van der Waals surface area contributed by atoms with Crippen LogP contribution in [0.5, 0.6) is 0 Å². The van der Waals surface area contributed by atoms with Crippen molar-refractivity contribution < 1.29 is 0 Å². The van der Waals surface area contributed by atoms with Crippen LogP contribution in [0.1, 0.15) is 23.9 Å². The summed E-state index contributed by atoms with van der Waals surface area (Å²) in [6, 6.07) is 16.2. The van der Waals surface area contributed by atoms with Gasteiger partial charge >= 0.3 is 0 Å². The number of hydrogen-bond donors (Lipinski definition) is 1. The van der Waals surface area contributed by atoms with Crippen molar-refractivity contribution in [3.05, 3.63) is 65.5 Å². The maximum Gasteiger partial charge on any atom is 0.210 e. The van der Waals surface area contributed by atoms with Gasteiger partial charge in [0.1, 0.15) is 0 Å². The number of tetrazole rings is 1. The van der Waals surface area contributed by atoms with E-state index in [1.807, 2.05) is 30.3 Å². The summed E-state index contributed by atoms with van der Waals surface area (Å²) in [4.78, 5) is 0. The van der Waals surface area contributed by atoms with E-state index in [-0.39, 0.29) is 0 Å². The van der Waals surface area contributed by atoms with Gasteiger partial charge in [0.2, 0.25) is 5.13 Å². The molecule has 2 heterocycles. The molecule has 28 heavy (non-hydrogen) atoms. The zero-order chi connectivity index (χ0) is 19.3. The second-order valence-electron chi connectivity index (χ2n) is 6.09. The molecular weight excluding hydrogens is 390 g/mol. The van der Waals surface area contributed by atoms with Crippen molar-refractivity contribution in [2.24, 2.45) is 0 Å². The Bertz CT molecular complexity index is 1060. The number of benzene rings is 2. The Hall–Kier alpha value is -2.78. The van der Waals surface area contributed by atoms with Crippen molar-refractivity contribution in [3.8, 4) is 5.69 Å². The third-order valence-electron chi connectivity index (χ3n) is 4.24. The number of para-hydroxylation sites is 2. The van der Waals surface area contributed by atoms with Crippen molar-refractivity contribution in [1.29, 1.82) is 0 Å². The minimum atomic E-state index is 0.612. The van der Waals surface area contributed by atoms with Crippen LogP contribution in [-0.2, 0) is 12.2 Å². The van der Waals surface area contributed by atoms with Crippen molar-refractivity contribution in [2.75, 3.05) is 5.32 Å². The highest BCUT2D eigenvalue weighted by atomic mass is 32.2. The van der Waals surface area contributed by atoms with E-state index >= 15 is 0 Å². The number of thioether (sulfide) groups is 1. The van der Waals surface area contributed by atoms with Gasteiger partial charge in [-0.25, -0.2) is 0 Å². The SMILES string of the molecule is CCc1cccc(C)c1Nc1nnc(SCc2nnnn2-c2ccccc2)s1. The van der Waals surface area contributed by atoms with Crippen molar-refractivity contribution in [1.82, 2.24) is 30.4 Å². The molecule has 4 rings (SSSR count). The Balaban J connectivity index is 1.45. The largest absolute Gasteiger partial charge is 0.330 e. The fourth-order valence-corrected chi connectivity index (χ4v) is 4.48. The van der Waals surface area contributed by atoms with Gasteiger partial charge in [-0.05, 0) is 47.0 Å². The van der Waals surface area contributed by atoms with Crippen molar-refractivity contribution in [2.45, 2.75) is 30.4 Å². The molecule has 0 fully saturated rings. The topological polar surface area (TPSA) is 81.4 Å². The number of anilines is 2. The summed E-state index contributed by atoms with van der Waals surface area (Å²) in [5.41, 5.74) is 4.53. The van der Waals surface area contributed by atoms with Crippen LogP contribution in [0.4, 0.5) is 10.8 Å². The van der Waals surface area contributed by atoms with Gasteiger partial charge in [0.25, 0.3) is 0 Å². The van der Waals surface area contributed by atoms with Crippen LogP contribution in [0.3, 0.4) is 0 Å². The lowest BCUT2D eigenvalue weighted by molar-refractivity contribution is 0.777. The molecule has 0 aliphatic rings. The van der Waals surface area contributed by atoms with Gasteiger partial charge in [0, 0.05) is 5.69 Å². The van der Waals surface area contributed by atoms with Gasteiger partial charge in [-0.2, -0.15) is 4.68 Å². The van der Waals surface area contributed by atoms with Crippen LogP contribution in [0.25, 0.3) is 5.69 Å². The summed E-state index contributed by atoms with van der Waals surface area (Å²) in [6.07, 6.45) is 0.965. The van der Waals surface area contributed by atoms with E-state index in [1.165, 1.54) is 22.5 Å². The number of hydrogen-bond acceptors (Lipinski definition) is 8. The zero-order valence-electron chi connectivity index (χ0n) is 15.5. The van der Waals surface area contributed by atoms with Gasteiger partial charge in [-0.15, -0.1) is 15.3 Å². The van der Waals surface area contributed by atoms with E-state index in [1.54, 1.807) is 16.4 Å². The van der Waals surface area contributed by atoms with Gasteiger partial charge in [-0.1, -0.05) is 66.4 Å². The Kier molecular flexibility index (Phi) is 5.63. The molecule has 4 aromatic rings. The summed E-state index contributed by atoms with van der Waals surface area (Å²) in [5.74, 6) is 1.38. The quantitative estimate of drug-likeness (QED) is 0.452. The summed E-state index contributed by atoms with van der Waals surface area (Å²) >= 11 is 3.11. The highest BCUT2D eigenvalue weighted by Gasteiger charge is 2.12. The van der Waals surface area contributed by atoms with E-state index in [9.17, 15) is 0 Å². The summed E-state index contributed by atoms with van der Waals surface area (Å²) in [7, 11) is 0. The normalized spacial score (nSPS) is 10.9. The monoisotopic (exact) mass is 409 g/mol. The molecule has 0 aliphatic heterocycles. The molecule has 0 atom stereocenters. The molecule has 0 bridgehead atoms. The Labute approximate surface area is 171 Å². The summed E-state index contributed by atoms with van der Waals surface area (Å²) in [5, 5.41) is 24.8. The Morgan fingerprint density at radius 2 is 1.89 bits per heavy atom. The number of aromatic nitrogens is 6. The number of nitrogens with zero attached hydrogens (tertiary/aromatic N) is 6. The van der Waals surface area contributed by atoms with Gasteiger partial charge in [-0.3, -0.25) is 0 Å². The first-order valence-corrected chi connectivity index (χ1v) is 10.7. The highest BCUT2D eigenvalue weighted by Crippen LogP contribution is 2.32. The second-order valence-corrected chi connectivity index (χ2v) is 8.29. The third kappa shape index (κ3) is 4.05. The standard InChI is InChI=1S/C19H19N7S2/c1-3-14-9-7-8-13(2)17(14)20-18-22-23-19(28-18)27-12-16-21-24-25-26(16)15-10-5-4-6-11-15/h4-11H,3,12H2,1-2H3,(H,20,22). The minimum Gasteiger partial charge on any atom is -0.330 e. The molecule has 0 saturated heterocycles. The first-order valence-electron chi connectivity index (χ1n) is 8.89. The Morgan fingerprint density at radius 3 is 2.71 bits per heavy atom. The number of nitrogens with one attached hydrogen (secondary N) is 1. The average molecular weight is 410 g/mol. The summed E-state index contributed by atoms with van der Waals surface area (Å²) in [6.45, 7) is 4.25. The van der Waals surface area contributed by atoms with E-state index in [0.717, 1.165) is 33.1 Å². The van der Waals surface area contributed by atoms with Crippen molar-refractivity contribution >= 4 is 33.9 Å². The minimum absolute atomic E-state index is 0.612.